The molecule has 0 N–H and O–H groups in total. The van der Waals surface area contributed by atoms with E-state index < -0.39 is 0 Å². The van der Waals surface area contributed by atoms with Crippen molar-refractivity contribution in [1.82, 2.24) is 0 Å². The average Bonchev–Trinajstić information content (AvgIpc) is 2.32. The maximum absolute atomic E-state index is 2.35. The molecule has 0 fully saturated rings. The second-order valence-corrected chi connectivity index (χ2v) is 4.43. The van der Waals surface area contributed by atoms with Crippen LogP contribution >= 0.6 is 0 Å². The third-order valence-corrected chi connectivity index (χ3v) is 3.23. The van der Waals surface area contributed by atoms with Crippen LogP contribution in [0.5, 0.6) is 0 Å². The second-order valence-electron chi connectivity index (χ2n) is 4.43. The van der Waals surface area contributed by atoms with E-state index in [4.69, 9.17) is 0 Å². The van der Waals surface area contributed by atoms with Gasteiger partial charge in [-0.15, -0.1) is 0 Å². The molecule has 0 spiro atoms. The Hall–Kier alpha value is -1.04. The molecule has 0 aromatic heterocycles. The van der Waals surface area contributed by atoms with Crippen molar-refractivity contribution in [3.05, 3.63) is 47.1 Å². The zero-order chi connectivity index (χ0) is 10.5. The van der Waals surface area contributed by atoms with E-state index in [1.807, 2.05) is 0 Å². The molecular weight excluding hydrogens is 180 g/mol. The molecule has 2 aliphatic rings. The van der Waals surface area contributed by atoms with Crippen LogP contribution in [0.25, 0.3) is 0 Å². The minimum atomic E-state index is 1.22. The molecule has 0 aromatic carbocycles. The zero-order valence-electron chi connectivity index (χ0n) is 9.63. The Bertz CT molecular complexity index is 337. The molecule has 15 heavy (non-hydrogen) atoms. The van der Waals surface area contributed by atoms with Gasteiger partial charge in [-0.25, -0.2) is 0 Å². The number of rotatable bonds is 3. The van der Waals surface area contributed by atoms with E-state index in [0.29, 0.717) is 0 Å². The number of allylic oxidation sites excluding steroid dienone is 8. The highest BCUT2D eigenvalue weighted by Gasteiger charge is 2.10. The van der Waals surface area contributed by atoms with Crippen LogP contribution in [0.2, 0.25) is 0 Å². The van der Waals surface area contributed by atoms with E-state index in [1.165, 1.54) is 38.5 Å². The van der Waals surface area contributed by atoms with Gasteiger partial charge in [-0.05, 0) is 43.3 Å². The van der Waals surface area contributed by atoms with Crippen molar-refractivity contribution in [1.29, 1.82) is 0 Å². The predicted octanol–water partition coefficient (Wildman–Crippen LogP) is 4.71. The molecule has 0 nitrogen and oxygen atoms in total. The third-order valence-electron chi connectivity index (χ3n) is 3.23. The fraction of sp³-hybridized carbons (Fsp3) is 0.467. The largest absolute Gasteiger partial charge is 0.0842 e. The molecule has 80 valence electrons. The van der Waals surface area contributed by atoms with E-state index in [-0.39, 0.29) is 0 Å². The van der Waals surface area contributed by atoms with Crippen LogP contribution in [0.3, 0.4) is 0 Å². The predicted molar refractivity (Wildman–Crippen MR) is 66.8 cm³/mol. The topological polar surface area (TPSA) is 0 Å². The van der Waals surface area contributed by atoms with E-state index in [2.05, 4.69) is 37.3 Å². The lowest BCUT2D eigenvalue weighted by Crippen LogP contribution is -1.98. The summed E-state index contributed by atoms with van der Waals surface area (Å²) in [6.45, 7) is 2.26. The molecule has 0 radical (unpaired) electrons. The summed E-state index contributed by atoms with van der Waals surface area (Å²) < 4.78 is 0. The van der Waals surface area contributed by atoms with Crippen molar-refractivity contribution in [3.8, 4) is 0 Å². The molecule has 0 amide bonds. The highest BCUT2D eigenvalue weighted by atomic mass is 14.2. The van der Waals surface area contributed by atoms with Crippen molar-refractivity contribution >= 4 is 0 Å². The second kappa shape index (κ2) is 5.16. The zero-order valence-corrected chi connectivity index (χ0v) is 9.63. The maximum Gasteiger partial charge on any atom is -0.0239 e. The molecule has 0 heteroatoms. The van der Waals surface area contributed by atoms with Crippen molar-refractivity contribution in [3.63, 3.8) is 0 Å². The SMILES string of the molecule is CCCC1=CC=C(C2=CC=CCC2)CC1. The van der Waals surface area contributed by atoms with Crippen LogP contribution in [0.15, 0.2) is 47.1 Å². The Kier molecular flexibility index (Phi) is 3.60. The van der Waals surface area contributed by atoms with Crippen LogP contribution in [0.1, 0.15) is 45.4 Å². The molecule has 0 saturated carbocycles. The summed E-state index contributed by atoms with van der Waals surface area (Å²) >= 11 is 0. The fourth-order valence-corrected chi connectivity index (χ4v) is 2.35. The lowest BCUT2D eigenvalue weighted by molar-refractivity contribution is 0.795. The summed E-state index contributed by atoms with van der Waals surface area (Å²) in [5.74, 6) is 0. The van der Waals surface area contributed by atoms with Crippen molar-refractivity contribution in [2.45, 2.75) is 45.4 Å². The Balaban J connectivity index is 2.06. The van der Waals surface area contributed by atoms with Gasteiger partial charge in [0.25, 0.3) is 0 Å². The van der Waals surface area contributed by atoms with E-state index in [1.54, 1.807) is 16.7 Å². The standard InChI is InChI=1S/C15H20/c1-2-6-13-9-11-15(12-10-13)14-7-4-3-5-8-14/h3-4,7,9,11H,2,5-6,8,10,12H2,1H3. The summed E-state index contributed by atoms with van der Waals surface area (Å²) in [5, 5.41) is 0. The first-order chi connectivity index (χ1) is 7.40. The summed E-state index contributed by atoms with van der Waals surface area (Å²) in [7, 11) is 0. The molecule has 0 heterocycles. The smallest absolute Gasteiger partial charge is 0.0239 e. The minimum Gasteiger partial charge on any atom is -0.0842 e. The monoisotopic (exact) mass is 200 g/mol. The van der Waals surface area contributed by atoms with Gasteiger partial charge in [0, 0.05) is 0 Å². The van der Waals surface area contributed by atoms with Crippen LogP contribution < -0.4 is 0 Å². The summed E-state index contributed by atoms with van der Waals surface area (Å²) in [6.07, 6.45) is 19.0. The van der Waals surface area contributed by atoms with Gasteiger partial charge in [-0.2, -0.15) is 0 Å². The fourth-order valence-electron chi connectivity index (χ4n) is 2.35. The molecule has 0 bridgehead atoms. The van der Waals surface area contributed by atoms with Crippen LogP contribution in [0, 0.1) is 0 Å². The molecular formula is C15H20. The lowest BCUT2D eigenvalue weighted by Gasteiger charge is -2.18. The van der Waals surface area contributed by atoms with Gasteiger partial charge in [-0.3, -0.25) is 0 Å². The van der Waals surface area contributed by atoms with Crippen LogP contribution in [-0.2, 0) is 0 Å². The average molecular weight is 200 g/mol. The van der Waals surface area contributed by atoms with E-state index >= 15 is 0 Å². The van der Waals surface area contributed by atoms with E-state index in [0.717, 1.165) is 0 Å². The Morgan fingerprint density at radius 1 is 1.00 bits per heavy atom. The molecule has 0 aromatic rings. The van der Waals surface area contributed by atoms with Gasteiger partial charge in [0.05, 0.1) is 0 Å². The minimum absolute atomic E-state index is 1.22. The van der Waals surface area contributed by atoms with Crippen molar-refractivity contribution in [2.24, 2.45) is 0 Å². The highest BCUT2D eigenvalue weighted by molar-refractivity contribution is 5.41. The summed E-state index contributed by atoms with van der Waals surface area (Å²) in [6, 6.07) is 0. The number of hydrogen-bond donors (Lipinski definition) is 0. The van der Waals surface area contributed by atoms with Crippen LogP contribution in [-0.4, -0.2) is 0 Å². The molecule has 0 aliphatic heterocycles. The van der Waals surface area contributed by atoms with Gasteiger partial charge in [0.1, 0.15) is 0 Å². The molecule has 2 aliphatic carbocycles. The molecule has 2 rings (SSSR count). The van der Waals surface area contributed by atoms with Gasteiger partial charge < -0.3 is 0 Å². The number of hydrogen-bond acceptors (Lipinski definition) is 0. The van der Waals surface area contributed by atoms with Crippen molar-refractivity contribution < 1.29 is 0 Å². The van der Waals surface area contributed by atoms with Gasteiger partial charge in [0.15, 0.2) is 0 Å². The van der Waals surface area contributed by atoms with Gasteiger partial charge >= 0.3 is 0 Å². The quantitative estimate of drug-likeness (QED) is 0.619. The molecule has 0 unspecified atom stereocenters. The summed E-state index contributed by atoms with van der Waals surface area (Å²) in [4.78, 5) is 0. The Morgan fingerprint density at radius 3 is 2.47 bits per heavy atom. The summed E-state index contributed by atoms with van der Waals surface area (Å²) in [5.41, 5.74) is 4.76. The first-order valence-electron chi connectivity index (χ1n) is 6.15. The van der Waals surface area contributed by atoms with Gasteiger partial charge in [0.2, 0.25) is 0 Å². The Labute approximate surface area is 93.1 Å². The van der Waals surface area contributed by atoms with Crippen LogP contribution in [0.4, 0.5) is 0 Å². The third kappa shape index (κ3) is 2.71. The Morgan fingerprint density at radius 2 is 1.87 bits per heavy atom. The normalized spacial score (nSPS) is 20.7. The molecule has 0 saturated heterocycles. The first-order valence-corrected chi connectivity index (χ1v) is 6.15. The van der Waals surface area contributed by atoms with Gasteiger partial charge in [-0.1, -0.05) is 49.3 Å². The lowest BCUT2D eigenvalue weighted by atomic mass is 9.88. The van der Waals surface area contributed by atoms with E-state index in [9.17, 15) is 0 Å². The molecule has 0 atom stereocenters. The maximum atomic E-state index is 2.35. The van der Waals surface area contributed by atoms with Crippen molar-refractivity contribution in [2.75, 3.05) is 0 Å². The highest BCUT2D eigenvalue weighted by Crippen LogP contribution is 2.29. The first kappa shape index (κ1) is 10.5.